The fraction of sp³-hybridized carbons (Fsp3) is 0.188. The predicted octanol–water partition coefficient (Wildman–Crippen LogP) is 2.56. The number of ether oxygens (including phenoxy) is 1. The van der Waals surface area contributed by atoms with E-state index in [-0.39, 0.29) is 22.8 Å². The fourth-order valence-corrected chi connectivity index (χ4v) is 3.22. The minimum Gasteiger partial charge on any atom is -0.491 e. The van der Waals surface area contributed by atoms with E-state index in [4.69, 9.17) is 4.74 Å². The zero-order valence-electron chi connectivity index (χ0n) is 12.9. The molecule has 0 fully saturated rings. The Morgan fingerprint density at radius 3 is 2.87 bits per heavy atom. The molecule has 1 aromatic carbocycles. The lowest BCUT2D eigenvalue weighted by Gasteiger charge is -2.09. The van der Waals surface area contributed by atoms with E-state index in [1.54, 1.807) is 11.6 Å². The molecule has 3 aromatic rings. The topological polar surface area (TPSA) is 73.2 Å². The van der Waals surface area contributed by atoms with Crippen molar-refractivity contribution in [2.24, 2.45) is 7.05 Å². The normalized spacial score (nSPS) is 10.7. The highest BCUT2D eigenvalue weighted by Crippen LogP contribution is 2.28. The Morgan fingerprint density at radius 2 is 2.17 bits per heavy atom. The molecule has 1 amide bonds. The highest BCUT2D eigenvalue weighted by atomic mass is 32.1. The van der Waals surface area contributed by atoms with Crippen LogP contribution in [-0.4, -0.2) is 22.6 Å². The van der Waals surface area contributed by atoms with E-state index in [0.29, 0.717) is 5.13 Å². The number of para-hydroxylation sites is 1. The van der Waals surface area contributed by atoms with Gasteiger partial charge in [-0.2, -0.15) is 0 Å². The third kappa shape index (κ3) is 2.83. The molecule has 0 saturated carbocycles. The molecule has 7 heteroatoms. The van der Waals surface area contributed by atoms with E-state index >= 15 is 0 Å². The summed E-state index contributed by atoms with van der Waals surface area (Å²) in [7, 11) is 3.10. The van der Waals surface area contributed by atoms with E-state index in [1.165, 1.54) is 30.7 Å². The van der Waals surface area contributed by atoms with E-state index in [1.807, 2.05) is 25.1 Å². The second-order valence-electron chi connectivity index (χ2n) is 5.10. The number of anilines is 1. The number of aromatic nitrogens is 2. The van der Waals surface area contributed by atoms with Gasteiger partial charge in [0, 0.05) is 13.1 Å². The summed E-state index contributed by atoms with van der Waals surface area (Å²) in [5.74, 6) is -0.191. The lowest BCUT2D eigenvalue weighted by molar-refractivity contribution is 0.101. The van der Waals surface area contributed by atoms with E-state index in [2.05, 4.69) is 10.3 Å². The first-order chi connectivity index (χ1) is 11.0. The summed E-state index contributed by atoms with van der Waals surface area (Å²) in [6.07, 6.45) is 1.49. The van der Waals surface area contributed by atoms with Crippen LogP contribution in [0.3, 0.4) is 0 Å². The molecule has 23 heavy (non-hydrogen) atoms. The zero-order valence-corrected chi connectivity index (χ0v) is 13.7. The highest BCUT2D eigenvalue weighted by Gasteiger charge is 2.15. The molecule has 0 aliphatic carbocycles. The molecule has 0 aliphatic rings. The maximum atomic E-state index is 12.4. The number of rotatable bonds is 3. The molecular formula is C16H15N3O3S. The van der Waals surface area contributed by atoms with Gasteiger partial charge in [-0.05, 0) is 18.6 Å². The van der Waals surface area contributed by atoms with Crippen LogP contribution in [0.4, 0.5) is 5.13 Å². The Labute approximate surface area is 136 Å². The number of aryl methyl sites for hydroxylation is 2. The number of nitrogens with zero attached hydrogens (tertiary/aromatic N) is 2. The molecule has 0 unspecified atom stereocenters. The number of fused-ring (bicyclic) bond motifs is 1. The largest absolute Gasteiger partial charge is 0.491 e. The van der Waals surface area contributed by atoms with E-state index in [9.17, 15) is 9.59 Å². The quantitative estimate of drug-likeness (QED) is 0.801. The van der Waals surface area contributed by atoms with Crippen molar-refractivity contribution >= 4 is 32.6 Å². The molecule has 0 spiro atoms. The van der Waals surface area contributed by atoms with Gasteiger partial charge in [-0.25, -0.2) is 4.98 Å². The Morgan fingerprint density at radius 1 is 1.39 bits per heavy atom. The van der Waals surface area contributed by atoms with Crippen LogP contribution < -0.4 is 15.5 Å². The molecule has 3 rings (SSSR count). The molecule has 0 radical (unpaired) electrons. The summed E-state index contributed by atoms with van der Waals surface area (Å²) in [5, 5.41) is 3.25. The summed E-state index contributed by atoms with van der Waals surface area (Å²) in [6.45, 7) is 1.97. The van der Waals surface area contributed by atoms with Gasteiger partial charge in [0.25, 0.3) is 5.91 Å². The molecule has 6 nitrogen and oxygen atoms in total. The van der Waals surface area contributed by atoms with Gasteiger partial charge in [0.15, 0.2) is 10.9 Å². The van der Waals surface area contributed by atoms with Crippen LogP contribution in [0.1, 0.15) is 16.1 Å². The van der Waals surface area contributed by atoms with Gasteiger partial charge >= 0.3 is 0 Å². The van der Waals surface area contributed by atoms with Crippen molar-refractivity contribution in [3.8, 4) is 5.75 Å². The Balaban J connectivity index is 1.93. The number of methoxy groups -OCH3 is 1. The van der Waals surface area contributed by atoms with Crippen LogP contribution in [0, 0.1) is 6.92 Å². The van der Waals surface area contributed by atoms with Crippen LogP contribution in [-0.2, 0) is 7.05 Å². The molecule has 1 N–H and O–H groups in total. The van der Waals surface area contributed by atoms with Gasteiger partial charge in [-0.3, -0.25) is 14.9 Å². The highest BCUT2D eigenvalue weighted by molar-refractivity contribution is 7.22. The number of thiazole rings is 1. The van der Waals surface area contributed by atoms with E-state index < -0.39 is 0 Å². The molecule has 0 saturated heterocycles. The molecule has 0 bridgehead atoms. The molecule has 118 valence electrons. The van der Waals surface area contributed by atoms with Gasteiger partial charge < -0.3 is 9.30 Å². The first kappa shape index (κ1) is 15.2. The van der Waals surface area contributed by atoms with Crippen molar-refractivity contribution < 1.29 is 9.53 Å². The Bertz CT molecular complexity index is 959. The fourth-order valence-electron chi connectivity index (χ4n) is 2.29. The van der Waals surface area contributed by atoms with Crippen molar-refractivity contribution in [1.82, 2.24) is 9.55 Å². The third-order valence-electron chi connectivity index (χ3n) is 3.50. The third-order valence-corrected chi connectivity index (χ3v) is 4.43. The summed E-state index contributed by atoms with van der Waals surface area (Å²) >= 11 is 1.40. The van der Waals surface area contributed by atoms with Gasteiger partial charge in [-0.15, -0.1) is 0 Å². The minimum absolute atomic E-state index is 0.194. The first-order valence-electron chi connectivity index (χ1n) is 6.92. The van der Waals surface area contributed by atoms with Crippen molar-refractivity contribution in [3.63, 3.8) is 0 Å². The number of pyridine rings is 1. The van der Waals surface area contributed by atoms with E-state index in [0.717, 1.165) is 15.8 Å². The Kier molecular flexibility index (Phi) is 3.87. The number of carbonyl (C=O) groups excluding carboxylic acids is 1. The number of nitrogens with one attached hydrogen (secondary N) is 1. The Hall–Kier alpha value is -2.67. The number of hydrogen-bond donors (Lipinski definition) is 1. The summed E-state index contributed by atoms with van der Waals surface area (Å²) < 4.78 is 7.51. The number of benzene rings is 1. The maximum absolute atomic E-state index is 12.4. The van der Waals surface area contributed by atoms with Crippen molar-refractivity contribution in [2.75, 3.05) is 12.4 Å². The predicted molar refractivity (Wildman–Crippen MR) is 90.5 cm³/mol. The second kappa shape index (κ2) is 5.85. The standard InChI is InChI=1S/C16H15N3O3S/c1-9-5-4-6-13-14(9)17-16(23-13)18-15(21)10-7-11(20)12(22-3)8-19(10)2/h4-8H,1-3H3,(H,17,18,21). The van der Waals surface area contributed by atoms with Crippen LogP contribution >= 0.6 is 11.3 Å². The molecular weight excluding hydrogens is 314 g/mol. The van der Waals surface area contributed by atoms with Gasteiger partial charge in [0.2, 0.25) is 5.43 Å². The van der Waals surface area contributed by atoms with Crippen molar-refractivity contribution in [2.45, 2.75) is 6.92 Å². The van der Waals surface area contributed by atoms with Gasteiger partial charge in [0.05, 0.1) is 23.5 Å². The lowest BCUT2D eigenvalue weighted by Crippen LogP contribution is -2.21. The SMILES string of the molecule is COc1cn(C)c(C(=O)Nc2nc3c(C)cccc3s2)cc1=O. The molecule has 0 aliphatic heterocycles. The number of hydrogen-bond acceptors (Lipinski definition) is 5. The van der Waals surface area contributed by atoms with Gasteiger partial charge in [-0.1, -0.05) is 23.5 Å². The monoisotopic (exact) mass is 329 g/mol. The summed E-state index contributed by atoms with van der Waals surface area (Å²) in [5.41, 5.74) is 1.83. The first-order valence-corrected chi connectivity index (χ1v) is 7.73. The number of carbonyl (C=O) groups is 1. The maximum Gasteiger partial charge on any atom is 0.274 e. The minimum atomic E-state index is -0.385. The zero-order chi connectivity index (χ0) is 16.6. The smallest absolute Gasteiger partial charge is 0.274 e. The van der Waals surface area contributed by atoms with Crippen LogP contribution in [0.2, 0.25) is 0 Å². The number of amides is 1. The van der Waals surface area contributed by atoms with Crippen molar-refractivity contribution in [3.05, 3.63) is 51.9 Å². The molecule has 2 aromatic heterocycles. The van der Waals surface area contributed by atoms with Crippen LogP contribution in [0.15, 0.2) is 35.3 Å². The van der Waals surface area contributed by atoms with Gasteiger partial charge in [0.1, 0.15) is 5.69 Å². The average molecular weight is 329 g/mol. The lowest BCUT2D eigenvalue weighted by atomic mass is 10.2. The summed E-state index contributed by atoms with van der Waals surface area (Å²) in [6, 6.07) is 7.14. The second-order valence-corrected chi connectivity index (χ2v) is 6.13. The average Bonchev–Trinajstić information content (AvgIpc) is 2.93. The van der Waals surface area contributed by atoms with Crippen LogP contribution in [0.25, 0.3) is 10.2 Å². The van der Waals surface area contributed by atoms with Crippen molar-refractivity contribution in [1.29, 1.82) is 0 Å². The molecule has 2 heterocycles. The van der Waals surface area contributed by atoms with Crippen LogP contribution in [0.5, 0.6) is 5.75 Å². The summed E-state index contributed by atoms with van der Waals surface area (Å²) in [4.78, 5) is 28.7. The molecule has 0 atom stereocenters.